The Bertz CT molecular complexity index is 340. The summed E-state index contributed by atoms with van der Waals surface area (Å²) in [5, 5.41) is 0. The summed E-state index contributed by atoms with van der Waals surface area (Å²) in [6.07, 6.45) is 0. The van der Waals surface area contributed by atoms with Crippen molar-refractivity contribution in [3.05, 3.63) is 0 Å². The van der Waals surface area contributed by atoms with Crippen LogP contribution in [0.2, 0.25) is 0 Å². The zero-order valence-electron chi connectivity index (χ0n) is 8.04. The Hall–Kier alpha value is 0.837. The zero-order valence-corrected chi connectivity index (χ0v) is 11.7. The Morgan fingerprint density at radius 1 is 0.933 bits per heavy atom. The summed E-state index contributed by atoms with van der Waals surface area (Å²) >= 11 is 0. The molecule has 15 heavy (non-hydrogen) atoms. The second-order valence-electron chi connectivity index (χ2n) is 1.53. The third-order valence-corrected chi connectivity index (χ3v) is 1.95. The van der Waals surface area contributed by atoms with E-state index in [2.05, 4.69) is 3.87 Å². The Kier molecular flexibility index (Phi) is 10.2. The smallest absolute Gasteiger partial charge is 1.00 e. The fourth-order valence-corrected chi connectivity index (χ4v) is 1.27. The molecule has 0 aliphatic rings. The predicted octanol–water partition coefficient (Wildman–Crippen LogP) is -6.32. The molecule has 0 fully saturated rings. The molecule has 0 saturated carbocycles. The van der Waals surface area contributed by atoms with E-state index in [9.17, 15) is 8.42 Å². The van der Waals surface area contributed by atoms with Gasteiger partial charge in [0.25, 0.3) is 0 Å². The molecular weight excluding hydrogens is 291 g/mol. The van der Waals surface area contributed by atoms with E-state index < -0.39 is 29.8 Å². The summed E-state index contributed by atoms with van der Waals surface area (Å²) in [4.78, 5) is 23.5. The van der Waals surface area contributed by atoms with Crippen LogP contribution in [-0.4, -0.2) is 53.9 Å². The molecule has 0 aliphatic carbocycles. The summed E-state index contributed by atoms with van der Waals surface area (Å²) in [6, 6.07) is 0. The summed E-state index contributed by atoms with van der Waals surface area (Å²) in [6.45, 7) is 0. The van der Waals surface area contributed by atoms with E-state index in [0.29, 0.717) is 0 Å². The van der Waals surface area contributed by atoms with Crippen molar-refractivity contribution in [2.75, 3.05) is 0 Å². The average molecular weight is 298 g/mol. The first-order valence-corrected chi connectivity index (χ1v) is 6.77. The van der Waals surface area contributed by atoms with Crippen molar-refractivity contribution in [3.63, 3.8) is 0 Å². The van der Waals surface area contributed by atoms with Crippen molar-refractivity contribution < 1.29 is 79.7 Å². The molecule has 15 heteroatoms. The van der Waals surface area contributed by atoms with Gasteiger partial charge in [0.1, 0.15) is 0 Å². The molecule has 0 atom stereocenters. The summed E-state index contributed by atoms with van der Waals surface area (Å²) < 4.78 is 61.3. The van der Waals surface area contributed by atoms with Crippen LogP contribution in [-0.2, 0) is 24.7 Å². The second-order valence-corrected chi connectivity index (χ2v) is 5.10. The molecule has 0 spiro atoms. The van der Waals surface area contributed by atoms with E-state index in [1.165, 1.54) is 0 Å². The van der Waals surface area contributed by atoms with Gasteiger partial charge in [0, 0.05) is 0 Å². The van der Waals surface area contributed by atoms with Crippen LogP contribution in [0.15, 0.2) is 0 Å². The third kappa shape index (κ3) is 52.3. The molecule has 0 saturated heterocycles. The van der Waals surface area contributed by atoms with Crippen LogP contribution >= 0.6 is 0 Å². The largest absolute Gasteiger partial charge is 1.00 e. The van der Waals surface area contributed by atoms with Crippen LogP contribution in [0.5, 0.6) is 0 Å². The normalized spacial score (nSPS) is 12.1. The number of hydrogen-bond acceptors (Lipinski definition) is 8. The van der Waals surface area contributed by atoms with Crippen LogP contribution in [0.4, 0.5) is 0 Å². The van der Waals surface area contributed by atoms with Crippen molar-refractivity contribution in [2.24, 2.45) is 0 Å². The van der Waals surface area contributed by atoms with Crippen molar-refractivity contribution in [2.45, 2.75) is 0 Å². The van der Waals surface area contributed by atoms with Gasteiger partial charge in [-0.2, -0.15) is 16.8 Å². The van der Waals surface area contributed by atoms with Gasteiger partial charge in [-0.25, -0.2) is 3.87 Å². The molecule has 0 bridgehead atoms. The SMILES string of the molecule is O=S(=O)(O)O.O=S(=O)(O)O[Si](O)(O)O.[H-].[Na+]. The maximum atomic E-state index is 9.53. The van der Waals surface area contributed by atoms with Gasteiger partial charge >= 0.3 is 59.4 Å². The minimum Gasteiger partial charge on any atom is -1.00 e. The van der Waals surface area contributed by atoms with Gasteiger partial charge in [0.05, 0.1) is 0 Å². The Morgan fingerprint density at radius 2 is 1.13 bits per heavy atom. The van der Waals surface area contributed by atoms with Gasteiger partial charge < -0.3 is 15.8 Å². The van der Waals surface area contributed by atoms with E-state index in [1.807, 2.05) is 0 Å². The van der Waals surface area contributed by atoms with Crippen molar-refractivity contribution in [1.29, 1.82) is 0 Å². The quantitative estimate of drug-likeness (QED) is 0.209. The molecule has 0 rings (SSSR count). The summed E-state index contributed by atoms with van der Waals surface area (Å²) in [7, 11) is -14.8. The Balaban J connectivity index is -0.0000000904. The minimum atomic E-state index is -5.13. The first kappa shape index (κ1) is 21.2. The van der Waals surface area contributed by atoms with Crippen LogP contribution < -0.4 is 29.6 Å². The fourth-order valence-electron chi connectivity index (χ4n) is 0.141. The molecule has 0 aromatic carbocycles. The van der Waals surface area contributed by atoms with E-state index in [0.717, 1.165) is 0 Å². The van der Waals surface area contributed by atoms with E-state index in [4.69, 9.17) is 36.5 Å². The molecule has 0 aromatic heterocycles. The first-order chi connectivity index (χ1) is 5.71. The third-order valence-electron chi connectivity index (χ3n) is 0.217. The molecule has 90 valence electrons. The second kappa shape index (κ2) is 7.22. The van der Waals surface area contributed by atoms with Crippen LogP contribution in [0, 0.1) is 0 Å². The van der Waals surface area contributed by atoms with Gasteiger partial charge in [-0.3, -0.25) is 13.7 Å². The van der Waals surface area contributed by atoms with Crippen molar-refractivity contribution in [3.8, 4) is 0 Å². The molecule has 0 radical (unpaired) electrons. The maximum absolute atomic E-state index is 9.53. The molecule has 0 heterocycles. The number of hydrogen-bond donors (Lipinski definition) is 6. The van der Waals surface area contributed by atoms with Crippen LogP contribution in [0.3, 0.4) is 0 Å². The molecular formula is H7NaO11S2Si. The van der Waals surface area contributed by atoms with Gasteiger partial charge in [0.15, 0.2) is 0 Å². The van der Waals surface area contributed by atoms with Crippen molar-refractivity contribution >= 4 is 29.8 Å². The number of rotatable bonds is 2. The van der Waals surface area contributed by atoms with E-state index in [-0.39, 0.29) is 31.0 Å². The van der Waals surface area contributed by atoms with Gasteiger partial charge in [-0.05, 0) is 0 Å². The van der Waals surface area contributed by atoms with E-state index >= 15 is 0 Å². The maximum Gasteiger partial charge on any atom is 1.00 e. The summed E-state index contributed by atoms with van der Waals surface area (Å²) in [5.74, 6) is 0. The molecule has 0 amide bonds. The average Bonchev–Trinajstić information content (AvgIpc) is 1.42. The topological polar surface area (TPSA) is 199 Å². The predicted molar refractivity (Wildman–Crippen MR) is 40.3 cm³/mol. The summed E-state index contributed by atoms with van der Waals surface area (Å²) in [5.41, 5.74) is 0. The molecule has 6 N–H and O–H groups in total. The molecule has 0 aliphatic heterocycles. The molecule has 11 nitrogen and oxygen atoms in total. The van der Waals surface area contributed by atoms with Gasteiger partial charge in [-0.15, -0.1) is 0 Å². The molecule has 0 unspecified atom stereocenters. The molecule has 0 aromatic rings. The Labute approximate surface area is 109 Å². The van der Waals surface area contributed by atoms with E-state index in [1.54, 1.807) is 0 Å². The van der Waals surface area contributed by atoms with Gasteiger partial charge in [0.2, 0.25) is 0 Å². The fraction of sp³-hybridized carbons (Fsp3) is 0. The standard InChI is InChI=1S/Na.H4O7SSi.H2O4S.H/c;1-8(2,3)7-9(4,5)6;1-5(2,3)4;/h;4-6H,(H,1,2,3);(H2,1,2,3,4);/q+1;;;-1. The van der Waals surface area contributed by atoms with Gasteiger partial charge in [-0.1, -0.05) is 0 Å². The van der Waals surface area contributed by atoms with Crippen LogP contribution in [0.1, 0.15) is 1.43 Å². The van der Waals surface area contributed by atoms with Crippen molar-refractivity contribution in [1.82, 2.24) is 0 Å². The monoisotopic (exact) mass is 298 g/mol. The first-order valence-electron chi connectivity index (χ1n) is 2.26. The minimum absolute atomic E-state index is 0. The Morgan fingerprint density at radius 3 is 1.13 bits per heavy atom. The zero-order chi connectivity index (χ0) is 12.2. The van der Waals surface area contributed by atoms with Crippen LogP contribution in [0.25, 0.3) is 0 Å².